The lowest BCUT2D eigenvalue weighted by atomic mass is 9.73. The molecule has 3 aromatic rings. The second kappa shape index (κ2) is 9.99. The van der Waals surface area contributed by atoms with E-state index >= 15 is 0 Å². The lowest BCUT2D eigenvalue weighted by Gasteiger charge is -2.36. The quantitative estimate of drug-likeness (QED) is 0.484. The smallest absolute Gasteiger partial charge is 0.230 e. The molecule has 1 amide bonds. The molecule has 31 heavy (non-hydrogen) atoms. The number of hydrogen-bond donors (Lipinski definition) is 3. The summed E-state index contributed by atoms with van der Waals surface area (Å²) in [6.07, 6.45) is 4.80. The van der Waals surface area contributed by atoms with E-state index < -0.39 is 5.41 Å². The van der Waals surface area contributed by atoms with Gasteiger partial charge in [-0.2, -0.15) is 0 Å². The Kier molecular flexibility index (Phi) is 6.68. The Morgan fingerprint density at radius 2 is 1.61 bits per heavy atom. The van der Waals surface area contributed by atoms with Crippen molar-refractivity contribution in [3.05, 3.63) is 72.6 Å². The molecule has 0 unspecified atom stereocenters. The van der Waals surface area contributed by atoms with Crippen LogP contribution in [0.3, 0.4) is 0 Å². The second-order valence-electron chi connectivity index (χ2n) is 7.41. The molecule has 0 saturated carbocycles. The number of nitrogens with one attached hydrogen (secondary N) is 3. The first kappa shape index (κ1) is 20.7. The van der Waals surface area contributed by atoms with Gasteiger partial charge in [-0.05, 0) is 42.7 Å². The largest absolute Gasteiger partial charge is 0.381 e. The summed E-state index contributed by atoms with van der Waals surface area (Å²) >= 11 is 0. The number of carbonyl (C=O) groups excluding carboxylic acids is 1. The van der Waals surface area contributed by atoms with Crippen molar-refractivity contribution in [1.29, 1.82) is 0 Å². The third kappa shape index (κ3) is 5.16. The number of nitrogens with zero attached hydrogens (tertiary/aromatic N) is 3. The van der Waals surface area contributed by atoms with Crippen LogP contribution in [0.5, 0.6) is 0 Å². The van der Waals surface area contributed by atoms with E-state index in [1.165, 1.54) is 0 Å². The van der Waals surface area contributed by atoms with Crippen LogP contribution in [-0.2, 0) is 14.9 Å². The van der Waals surface area contributed by atoms with Crippen molar-refractivity contribution in [2.75, 3.05) is 36.9 Å². The van der Waals surface area contributed by atoms with Crippen molar-refractivity contribution in [2.45, 2.75) is 18.3 Å². The monoisotopic (exact) mass is 418 g/mol. The number of aromatic nitrogens is 3. The zero-order chi connectivity index (χ0) is 21.4. The predicted octanol–water partition coefficient (Wildman–Crippen LogP) is 2.89. The molecular formula is C23H26N6O2. The van der Waals surface area contributed by atoms with Crippen molar-refractivity contribution in [3.8, 4) is 0 Å². The van der Waals surface area contributed by atoms with Crippen LogP contribution in [0.25, 0.3) is 0 Å². The van der Waals surface area contributed by atoms with Crippen LogP contribution in [0.2, 0.25) is 0 Å². The maximum atomic E-state index is 13.1. The first-order valence-electron chi connectivity index (χ1n) is 10.4. The molecule has 1 fully saturated rings. The molecule has 3 heterocycles. The fourth-order valence-electron chi connectivity index (χ4n) is 3.74. The molecule has 1 aliphatic heterocycles. The van der Waals surface area contributed by atoms with E-state index in [2.05, 4.69) is 31.1 Å². The minimum absolute atomic E-state index is 0.0479. The molecule has 3 N–H and O–H groups in total. The molecule has 4 rings (SSSR count). The fraction of sp³-hybridized carbons (Fsp3) is 0.304. The van der Waals surface area contributed by atoms with Gasteiger partial charge in [-0.25, -0.2) is 0 Å². The minimum Gasteiger partial charge on any atom is -0.381 e. The number of amides is 1. The Labute approximate surface area is 181 Å². The van der Waals surface area contributed by atoms with Gasteiger partial charge in [0.2, 0.25) is 5.91 Å². The summed E-state index contributed by atoms with van der Waals surface area (Å²) < 4.78 is 5.51. The topological polar surface area (TPSA) is 101 Å². The summed E-state index contributed by atoms with van der Waals surface area (Å²) in [7, 11) is 0. The highest BCUT2D eigenvalue weighted by molar-refractivity contribution is 5.88. The van der Waals surface area contributed by atoms with Crippen molar-refractivity contribution in [2.24, 2.45) is 0 Å². The third-order valence-corrected chi connectivity index (χ3v) is 5.44. The van der Waals surface area contributed by atoms with Gasteiger partial charge in [0.05, 0.1) is 5.41 Å². The fourth-order valence-corrected chi connectivity index (χ4v) is 3.74. The summed E-state index contributed by atoms with van der Waals surface area (Å²) in [5.41, 5.74) is 1.42. The van der Waals surface area contributed by atoms with Crippen LogP contribution in [0.1, 0.15) is 18.4 Å². The van der Waals surface area contributed by atoms with Crippen LogP contribution in [0.4, 0.5) is 17.3 Å². The van der Waals surface area contributed by atoms with Gasteiger partial charge in [-0.3, -0.25) is 9.78 Å². The molecular weight excluding hydrogens is 392 g/mol. The average molecular weight is 419 g/mol. The predicted molar refractivity (Wildman–Crippen MR) is 119 cm³/mol. The Morgan fingerprint density at radius 1 is 0.903 bits per heavy atom. The highest BCUT2D eigenvalue weighted by Crippen LogP contribution is 2.35. The highest BCUT2D eigenvalue weighted by atomic mass is 16.5. The molecule has 0 radical (unpaired) electrons. The maximum absolute atomic E-state index is 13.1. The van der Waals surface area contributed by atoms with E-state index in [0.29, 0.717) is 50.8 Å². The van der Waals surface area contributed by atoms with Gasteiger partial charge in [0.25, 0.3) is 0 Å². The lowest BCUT2D eigenvalue weighted by Crippen LogP contribution is -2.49. The van der Waals surface area contributed by atoms with Crippen molar-refractivity contribution >= 4 is 23.2 Å². The van der Waals surface area contributed by atoms with E-state index in [4.69, 9.17) is 4.74 Å². The Hall–Kier alpha value is -3.52. The van der Waals surface area contributed by atoms with E-state index in [0.717, 1.165) is 11.3 Å². The van der Waals surface area contributed by atoms with Crippen LogP contribution in [-0.4, -0.2) is 47.4 Å². The molecule has 1 aromatic carbocycles. The molecule has 0 spiro atoms. The summed E-state index contributed by atoms with van der Waals surface area (Å²) in [6.45, 7) is 2.23. The summed E-state index contributed by atoms with van der Waals surface area (Å²) in [5.74, 6) is 1.35. The van der Waals surface area contributed by atoms with Gasteiger partial charge in [0.15, 0.2) is 5.82 Å². The Bertz CT molecular complexity index is 960. The lowest BCUT2D eigenvalue weighted by molar-refractivity contribution is -0.130. The van der Waals surface area contributed by atoms with E-state index in [-0.39, 0.29) is 5.91 Å². The number of ether oxygens (including phenoxy) is 1. The minimum atomic E-state index is -0.528. The molecule has 0 bridgehead atoms. The van der Waals surface area contributed by atoms with Gasteiger partial charge in [-0.15, -0.1) is 10.2 Å². The molecule has 0 atom stereocenters. The molecule has 8 heteroatoms. The molecule has 8 nitrogen and oxygen atoms in total. The third-order valence-electron chi connectivity index (χ3n) is 5.44. The number of rotatable bonds is 8. The second-order valence-corrected chi connectivity index (χ2v) is 7.41. The molecule has 1 saturated heterocycles. The zero-order valence-corrected chi connectivity index (χ0v) is 17.3. The standard InChI is InChI=1S/C23H26N6O2/c30-22(23(10-16-31-17-11-23)18-4-2-1-3-5-18)26-15-14-25-20-6-7-21(29-28-20)27-19-8-12-24-13-9-19/h1-9,12-13H,10-11,14-17H2,(H,25,28)(H,26,30)(H,24,27,29). The average Bonchev–Trinajstić information content (AvgIpc) is 2.84. The Morgan fingerprint density at radius 3 is 2.32 bits per heavy atom. The Balaban J connectivity index is 1.28. The molecule has 1 aliphatic rings. The van der Waals surface area contributed by atoms with E-state index in [1.807, 2.05) is 54.6 Å². The van der Waals surface area contributed by atoms with Crippen molar-refractivity contribution in [1.82, 2.24) is 20.5 Å². The number of pyridine rings is 1. The number of hydrogen-bond acceptors (Lipinski definition) is 7. The van der Waals surface area contributed by atoms with Crippen LogP contribution >= 0.6 is 0 Å². The highest BCUT2D eigenvalue weighted by Gasteiger charge is 2.41. The van der Waals surface area contributed by atoms with Crippen molar-refractivity contribution in [3.63, 3.8) is 0 Å². The van der Waals surface area contributed by atoms with Gasteiger partial charge >= 0.3 is 0 Å². The molecule has 160 valence electrons. The number of benzene rings is 1. The normalized spacial score (nSPS) is 15.1. The van der Waals surface area contributed by atoms with Gasteiger partial charge < -0.3 is 20.7 Å². The van der Waals surface area contributed by atoms with E-state index in [1.54, 1.807) is 12.4 Å². The number of carbonyl (C=O) groups is 1. The SMILES string of the molecule is O=C(NCCNc1ccc(Nc2ccncc2)nn1)C1(c2ccccc2)CCOCC1. The van der Waals surface area contributed by atoms with Crippen LogP contribution in [0, 0.1) is 0 Å². The van der Waals surface area contributed by atoms with Gasteiger partial charge in [0, 0.05) is 44.4 Å². The van der Waals surface area contributed by atoms with Crippen LogP contribution in [0.15, 0.2) is 67.0 Å². The molecule has 2 aromatic heterocycles. The summed E-state index contributed by atoms with van der Waals surface area (Å²) in [5, 5.41) is 17.8. The number of anilines is 3. The van der Waals surface area contributed by atoms with Crippen molar-refractivity contribution < 1.29 is 9.53 Å². The van der Waals surface area contributed by atoms with Gasteiger partial charge in [0.1, 0.15) is 5.82 Å². The van der Waals surface area contributed by atoms with Gasteiger partial charge in [-0.1, -0.05) is 30.3 Å². The van der Waals surface area contributed by atoms with E-state index in [9.17, 15) is 4.79 Å². The van der Waals surface area contributed by atoms with Crippen LogP contribution < -0.4 is 16.0 Å². The first-order chi connectivity index (χ1) is 15.3. The molecule has 0 aliphatic carbocycles. The maximum Gasteiger partial charge on any atom is 0.230 e. The summed E-state index contributed by atoms with van der Waals surface area (Å²) in [4.78, 5) is 17.1. The zero-order valence-electron chi connectivity index (χ0n) is 17.3. The first-order valence-corrected chi connectivity index (χ1v) is 10.4. The summed E-state index contributed by atoms with van der Waals surface area (Å²) in [6, 6.07) is 17.4.